The third-order valence-corrected chi connectivity index (χ3v) is 2.56. The van der Waals surface area contributed by atoms with Crippen LogP contribution in [0.2, 0.25) is 0 Å². The summed E-state index contributed by atoms with van der Waals surface area (Å²) >= 11 is 0. The van der Waals surface area contributed by atoms with Crippen molar-refractivity contribution in [2.75, 3.05) is 13.2 Å². The molecule has 0 saturated carbocycles. The minimum Gasteiger partial charge on any atom is -0.381 e. The summed E-state index contributed by atoms with van der Waals surface area (Å²) in [6.07, 6.45) is 1.26. The summed E-state index contributed by atoms with van der Waals surface area (Å²) in [6.45, 7) is 8.87. The van der Waals surface area contributed by atoms with Gasteiger partial charge in [0.1, 0.15) is 0 Å². The maximum Gasteiger partial charge on any atom is 0.0494 e. The first-order valence-electron chi connectivity index (χ1n) is 4.29. The molecule has 1 fully saturated rings. The van der Waals surface area contributed by atoms with E-state index in [4.69, 9.17) is 4.74 Å². The molecule has 0 aromatic carbocycles. The monoisotopic (exact) mass is 142 g/mol. The summed E-state index contributed by atoms with van der Waals surface area (Å²) in [5.41, 5.74) is 0. The Morgan fingerprint density at radius 2 is 2.10 bits per heavy atom. The molecule has 0 aromatic heterocycles. The molecule has 0 aliphatic carbocycles. The van der Waals surface area contributed by atoms with Crippen molar-refractivity contribution in [2.45, 2.75) is 27.2 Å². The van der Waals surface area contributed by atoms with E-state index in [1.807, 2.05) is 0 Å². The molecular weight excluding hydrogens is 124 g/mol. The average Bonchev–Trinajstić information content (AvgIpc) is 1.88. The number of rotatable bonds is 1. The van der Waals surface area contributed by atoms with Gasteiger partial charge in [-0.3, -0.25) is 0 Å². The van der Waals surface area contributed by atoms with E-state index in [9.17, 15) is 0 Å². The molecule has 1 heterocycles. The molecule has 1 aliphatic heterocycles. The van der Waals surface area contributed by atoms with E-state index in [1.165, 1.54) is 6.42 Å². The summed E-state index contributed by atoms with van der Waals surface area (Å²) in [5, 5.41) is 0. The predicted octanol–water partition coefficient (Wildman–Crippen LogP) is 2.32. The smallest absolute Gasteiger partial charge is 0.0494 e. The normalized spacial score (nSPS) is 34.8. The van der Waals surface area contributed by atoms with E-state index < -0.39 is 0 Å². The van der Waals surface area contributed by atoms with Crippen LogP contribution in [0.1, 0.15) is 27.2 Å². The van der Waals surface area contributed by atoms with Crippen molar-refractivity contribution < 1.29 is 4.74 Å². The van der Waals surface area contributed by atoms with Crippen molar-refractivity contribution >= 4 is 0 Å². The number of hydrogen-bond donors (Lipinski definition) is 0. The number of hydrogen-bond acceptors (Lipinski definition) is 1. The Labute approximate surface area is 63.8 Å². The Bertz CT molecular complexity index is 98.9. The van der Waals surface area contributed by atoms with Gasteiger partial charge in [-0.05, 0) is 24.2 Å². The summed E-state index contributed by atoms with van der Waals surface area (Å²) in [4.78, 5) is 0. The molecule has 0 spiro atoms. The summed E-state index contributed by atoms with van der Waals surface area (Å²) in [7, 11) is 0. The van der Waals surface area contributed by atoms with Crippen molar-refractivity contribution in [1.29, 1.82) is 0 Å². The molecule has 1 unspecified atom stereocenters. The predicted molar refractivity (Wildman–Crippen MR) is 42.9 cm³/mol. The largest absolute Gasteiger partial charge is 0.381 e. The van der Waals surface area contributed by atoms with Crippen LogP contribution in [0.4, 0.5) is 0 Å². The van der Waals surface area contributed by atoms with Crippen LogP contribution in [0.3, 0.4) is 0 Å². The van der Waals surface area contributed by atoms with Crippen LogP contribution < -0.4 is 0 Å². The number of ether oxygens (including phenoxy) is 1. The SMILES string of the molecule is CC(C)C1CCOC[C@H]1C. The molecule has 0 N–H and O–H groups in total. The Morgan fingerprint density at radius 3 is 2.50 bits per heavy atom. The first kappa shape index (κ1) is 8.06. The fraction of sp³-hybridized carbons (Fsp3) is 1.00. The van der Waals surface area contributed by atoms with Gasteiger partial charge in [0.2, 0.25) is 0 Å². The van der Waals surface area contributed by atoms with E-state index in [2.05, 4.69) is 20.8 Å². The quantitative estimate of drug-likeness (QED) is 0.546. The lowest BCUT2D eigenvalue weighted by Crippen LogP contribution is -2.28. The first-order chi connectivity index (χ1) is 4.72. The highest BCUT2D eigenvalue weighted by atomic mass is 16.5. The Hall–Kier alpha value is -0.0400. The molecule has 1 nitrogen and oxygen atoms in total. The van der Waals surface area contributed by atoms with Gasteiger partial charge < -0.3 is 4.74 Å². The Morgan fingerprint density at radius 1 is 1.40 bits per heavy atom. The maximum atomic E-state index is 5.36. The Balaban J connectivity index is 2.40. The van der Waals surface area contributed by atoms with E-state index >= 15 is 0 Å². The Kier molecular flexibility index (Phi) is 2.72. The van der Waals surface area contributed by atoms with E-state index in [0.717, 1.165) is 31.0 Å². The van der Waals surface area contributed by atoms with E-state index in [1.54, 1.807) is 0 Å². The molecule has 1 rings (SSSR count). The molecule has 60 valence electrons. The highest BCUT2D eigenvalue weighted by Gasteiger charge is 2.23. The minimum absolute atomic E-state index is 0.772. The van der Waals surface area contributed by atoms with E-state index in [0.29, 0.717) is 0 Å². The molecule has 0 aromatic rings. The van der Waals surface area contributed by atoms with Gasteiger partial charge in [-0.2, -0.15) is 0 Å². The summed E-state index contributed by atoms with van der Waals surface area (Å²) in [6, 6.07) is 0. The first-order valence-corrected chi connectivity index (χ1v) is 4.29. The molecule has 0 radical (unpaired) electrons. The zero-order valence-corrected chi connectivity index (χ0v) is 7.26. The average molecular weight is 142 g/mol. The molecule has 0 bridgehead atoms. The van der Waals surface area contributed by atoms with Crippen molar-refractivity contribution in [1.82, 2.24) is 0 Å². The lowest BCUT2D eigenvalue weighted by Gasteiger charge is -2.31. The lowest BCUT2D eigenvalue weighted by atomic mass is 9.81. The van der Waals surface area contributed by atoms with Gasteiger partial charge in [0.15, 0.2) is 0 Å². The van der Waals surface area contributed by atoms with Crippen LogP contribution in [0.5, 0.6) is 0 Å². The van der Waals surface area contributed by atoms with Gasteiger partial charge in [-0.1, -0.05) is 20.8 Å². The van der Waals surface area contributed by atoms with E-state index in [-0.39, 0.29) is 0 Å². The maximum absolute atomic E-state index is 5.36. The second kappa shape index (κ2) is 3.38. The molecule has 0 amide bonds. The van der Waals surface area contributed by atoms with Crippen LogP contribution in [0.15, 0.2) is 0 Å². The summed E-state index contributed by atoms with van der Waals surface area (Å²) in [5.74, 6) is 2.50. The zero-order valence-electron chi connectivity index (χ0n) is 7.26. The van der Waals surface area contributed by atoms with Gasteiger partial charge >= 0.3 is 0 Å². The lowest BCUT2D eigenvalue weighted by molar-refractivity contribution is 0.00874. The van der Waals surface area contributed by atoms with Crippen molar-refractivity contribution in [3.63, 3.8) is 0 Å². The van der Waals surface area contributed by atoms with Crippen LogP contribution in [-0.2, 0) is 4.74 Å². The third kappa shape index (κ3) is 1.72. The van der Waals surface area contributed by atoms with Gasteiger partial charge in [0.05, 0.1) is 0 Å². The molecule has 1 saturated heterocycles. The van der Waals surface area contributed by atoms with Crippen LogP contribution in [0, 0.1) is 17.8 Å². The van der Waals surface area contributed by atoms with Gasteiger partial charge in [-0.15, -0.1) is 0 Å². The third-order valence-electron chi connectivity index (χ3n) is 2.56. The zero-order chi connectivity index (χ0) is 7.56. The molecule has 1 aliphatic rings. The van der Waals surface area contributed by atoms with Crippen molar-refractivity contribution in [2.24, 2.45) is 17.8 Å². The minimum atomic E-state index is 0.772. The van der Waals surface area contributed by atoms with Crippen LogP contribution in [-0.4, -0.2) is 13.2 Å². The van der Waals surface area contributed by atoms with Gasteiger partial charge in [-0.25, -0.2) is 0 Å². The topological polar surface area (TPSA) is 9.23 Å². The second-order valence-corrected chi connectivity index (χ2v) is 3.75. The fourth-order valence-corrected chi connectivity index (χ4v) is 1.89. The van der Waals surface area contributed by atoms with Crippen LogP contribution >= 0.6 is 0 Å². The molecule has 10 heavy (non-hydrogen) atoms. The van der Waals surface area contributed by atoms with Gasteiger partial charge in [0, 0.05) is 13.2 Å². The van der Waals surface area contributed by atoms with Gasteiger partial charge in [0.25, 0.3) is 0 Å². The highest BCUT2D eigenvalue weighted by molar-refractivity contribution is 4.72. The second-order valence-electron chi connectivity index (χ2n) is 3.75. The van der Waals surface area contributed by atoms with Crippen LogP contribution in [0.25, 0.3) is 0 Å². The molecule has 2 atom stereocenters. The highest BCUT2D eigenvalue weighted by Crippen LogP contribution is 2.27. The van der Waals surface area contributed by atoms with Crippen molar-refractivity contribution in [3.05, 3.63) is 0 Å². The summed E-state index contributed by atoms with van der Waals surface area (Å²) < 4.78 is 5.36. The standard InChI is InChI=1S/C9H18O/c1-7(2)9-4-5-10-6-8(9)3/h7-9H,4-6H2,1-3H3/t8-,9?/m1/s1. The molecule has 1 heteroatoms. The fourth-order valence-electron chi connectivity index (χ4n) is 1.89. The van der Waals surface area contributed by atoms with Crippen molar-refractivity contribution in [3.8, 4) is 0 Å². The molecular formula is C9H18O.